The summed E-state index contributed by atoms with van der Waals surface area (Å²) in [4.78, 5) is 2.44. The zero-order valence-electron chi connectivity index (χ0n) is 10.3. The van der Waals surface area contributed by atoms with Crippen molar-refractivity contribution in [1.82, 2.24) is 4.90 Å². The number of anilines is 1. The number of benzene rings is 1. The standard InChI is InChI=1S/C14H22N2/c1-11-8-13(11)10-16(2)7-6-12-4-3-5-14(15)9-12/h3-5,9,11,13H,6-8,10,15H2,1-2H3. The maximum absolute atomic E-state index is 5.76. The van der Waals surface area contributed by atoms with Crippen molar-refractivity contribution in [2.24, 2.45) is 11.8 Å². The fourth-order valence-electron chi connectivity index (χ4n) is 2.21. The smallest absolute Gasteiger partial charge is 0.0316 e. The number of rotatable bonds is 5. The van der Waals surface area contributed by atoms with E-state index in [1.807, 2.05) is 12.1 Å². The first-order valence-corrected chi connectivity index (χ1v) is 6.18. The highest BCUT2D eigenvalue weighted by molar-refractivity contribution is 5.40. The van der Waals surface area contributed by atoms with Crippen LogP contribution in [-0.4, -0.2) is 25.0 Å². The fraction of sp³-hybridized carbons (Fsp3) is 0.571. The monoisotopic (exact) mass is 218 g/mol. The molecule has 0 heterocycles. The summed E-state index contributed by atoms with van der Waals surface area (Å²) in [5, 5.41) is 0. The number of hydrogen-bond acceptors (Lipinski definition) is 2. The van der Waals surface area contributed by atoms with E-state index in [-0.39, 0.29) is 0 Å². The Balaban J connectivity index is 1.74. The van der Waals surface area contributed by atoms with Crippen molar-refractivity contribution in [2.45, 2.75) is 19.8 Å². The van der Waals surface area contributed by atoms with Gasteiger partial charge in [0.15, 0.2) is 0 Å². The van der Waals surface area contributed by atoms with Crippen LogP contribution in [0.3, 0.4) is 0 Å². The molecule has 0 bridgehead atoms. The number of likely N-dealkylation sites (N-methyl/N-ethyl adjacent to an activating group) is 1. The Labute approximate surface area is 98.4 Å². The molecule has 1 aliphatic rings. The lowest BCUT2D eigenvalue weighted by molar-refractivity contribution is 0.319. The maximum atomic E-state index is 5.76. The Morgan fingerprint density at radius 1 is 1.44 bits per heavy atom. The summed E-state index contributed by atoms with van der Waals surface area (Å²) in [5.74, 6) is 1.90. The Kier molecular flexibility index (Phi) is 3.49. The molecule has 2 atom stereocenters. The number of nitrogen functional groups attached to an aromatic ring is 1. The third-order valence-electron chi connectivity index (χ3n) is 3.56. The Morgan fingerprint density at radius 2 is 2.19 bits per heavy atom. The molecule has 2 unspecified atom stereocenters. The molecule has 1 saturated carbocycles. The lowest BCUT2D eigenvalue weighted by Gasteiger charge is -2.16. The van der Waals surface area contributed by atoms with Crippen LogP contribution in [-0.2, 0) is 6.42 Å². The third-order valence-corrected chi connectivity index (χ3v) is 3.56. The van der Waals surface area contributed by atoms with Gasteiger partial charge in [0.25, 0.3) is 0 Å². The molecule has 0 spiro atoms. The average molecular weight is 218 g/mol. The summed E-state index contributed by atoms with van der Waals surface area (Å²) in [5.41, 5.74) is 7.97. The number of hydrogen-bond donors (Lipinski definition) is 1. The molecule has 2 N–H and O–H groups in total. The average Bonchev–Trinajstić information content (AvgIpc) is 2.91. The minimum absolute atomic E-state index is 0.871. The molecule has 88 valence electrons. The van der Waals surface area contributed by atoms with Crippen molar-refractivity contribution < 1.29 is 0 Å². The van der Waals surface area contributed by atoms with E-state index < -0.39 is 0 Å². The van der Waals surface area contributed by atoms with E-state index in [0.717, 1.165) is 30.5 Å². The van der Waals surface area contributed by atoms with Crippen LogP contribution < -0.4 is 5.73 Å². The number of nitrogens with two attached hydrogens (primary N) is 1. The van der Waals surface area contributed by atoms with Crippen LogP contribution in [0.1, 0.15) is 18.9 Å². The maximum Gasteiger partial charge on any atom is 0.0316 e. The molecule has 1 aromatic carbocycles. The molecular weight excluding hydrogens is 196 g/mol. The van der Waals surface area contributed by atoms with Gasteiger partial charge in [-0.25, -0.2) is 0 Å². The van der Waals surface area contributed by atoms with Crippen LogP contribution in [0, 0.1) is 11.8 Å². The van der Waals surface area contributed by atoms with Crippen LogP contribution in [0.25, 0.3) is 0 Å². The molecule has 2 heteroatoms. The Hall–Kier alpha value is -1.02. The quantitative estimate of drug-likeness (QED) is 0.769. The molecular formula is C14H22N2. The van der Waals surface area contributed by atoms with E-state index in [1.165, 1.54) is 18.5 Å². The van der Waals surface area contributed by atoms with E-state index in [1.54, 1.807) is 0 Å². The van der Waals surface area contributed by atoms with Gasteiger partial charge in [0.1, 0.15) is 0 Å². The Bertz CT molecular complexity index is 348. The molecule has 2 rings (SSSR count). The molecule has 1 aromatic rings. The first kappa shape index (κ1) is 11.5. The van der Waals surface area contributed by atoms with Crippen molar-refractivity contribution in [2.75, 3.05) is 25.9 Å². The van der Waals surface area contributed by atoms with Crippen molar-refractivity contribution in [3.8, 4) is 0 Å². The van der Waals surface area contributed by atoms with Crippen LogP contribution in [0.15, 0.2) is 24.3 Å². The van der Waals surface area contributed by atoms with Gasteiger partial charge in [0.05, 0.1) is 0 Å². The molecule has 0 saturated heterocycles. The highest BCUT2D eigenvalue weighted by Crippen LogP contribution is 2.37. The first-order valence-electron chi connectivity index (χ1n) is 6.18. The predicted octanol–water partition coefficient (Wildman–Crippen LogP) is 2.40. The molecule has 16 heavy (non-hydrogen) atoms. The summed E-state index contributed by atoms with van der Waals surface area (Å²) < 4.78 is 0. The van der Waals surface area contributed by atoms with Gasteiger partial charge >= 0.3 is 0 Å². The Morgan fingerprint density at radius 3 is 2.81 bits per heavy atom. The SMILES string of the molecule is CC1CC1CN(C)CCc1cccc(N)c1. The highest BCUT2D eigenvalue weighted by atomic mass is 15.1. The molecule has 0 radical (unpaired) electrons. The first-order chi connectivity index (χ1) is 7.65. The van der Waals surface area contributed by atoms with Crippen molar-refractivity contribution in [3.63, 3.8) is 0 Å². The summed E-state index contributed by atoms with van der Waals surface area (Å²) in [7, 11) is 2.22. The van der Waals surface area contributed by atoms with Gasteiger partial charge in [-0.1, -0.05) is 19.1 Å². The molecule has 0 amide bonds. The van der Waals surface area contributed by atoms with E-state index in [0.29, 0.717) is 0 Å². The second kappa shape index (κ2) is 4.88. The van der Waals surface area contributed by atoms with Crippen molar-refractivity contribution >= 4 is 5.69 Å². The number of nitrogens with zero attached hydrogens (tertiary/aromatic N) is 1. The van der Waals surface area contributed by atoms with E-state index in [2.05, 4.69) is 31.0 Å². The van der Waals surface area contributed by atoms with Gasteiger partial charge in [-0.15, -0.1) is 0 Å². The van der Waals surface area contributed by atoms with Crippen molar-refractivity contribution in [3.05, 3.63) is 29.8 Å². The molecule has 0 aliphatic heterocycles. The molecule has 1 fully saturated rings. The minimum atomic E-state index is 0.871. The van der Waals surface area contributed by atoms with Gasteiger partial charge in [0, 0.05) is 18.8 Å². The molecule has 1 aliphatic carbocycles. The second-order valence-electron chi connectivity index (χ2n) is 5.23. The zero-order valence-corrected chi connectivity index (χ0v) is 10.3. The van der Waals surface area contributed by atoms with Crippen LogP contribution in [0.2, 0.25) is 0 Å². The summed E-state index contributed by atoms with van der Waals surface area (Å²) in [6.45, 7) is 4.73. The lowest BCUT2D eigenvalue weighted by Crippen LogP contribution is -2.24. The van der Waals surface area contributed by atoms with Crippen molar-refractivity contribution in [1.29, 1.82) is 0 Å². The topological polar surface area (TPSA) is 29.3 Å². The molecule has 2 nitrogen and oxygen atoms in total. The zero-order chi connectivity index (χ0) is 11.5. The van der Waals surface area contributed by atoms with E-state index in [4.69, 9.17) is 5.73 Å². The van der Waals surface area contributed by atoms with Crippen LogP contribution in [0.5, 0.6) is 0 Å². The fourth-order valence-corrected chi connectivity index (χ4v) is 2.21. The van der Waals surface area contributed by atoms with Gasteiger partial charge in [-0.05, 0) is 49.4 Å². The second-order valence-corrected chi connectivity index (χ2v) is 5.23. The summed E-state index contributed by atoms with van der Waals surface area (Å²) in [6.07, 6.45) is 2.52. The van der Waals surface area contributed by atoms with E-state index in [9.17, 15) is 0 Å². The highest BCUT2D eigenvalue weighted by Gasteiger charge is 2.32. The predicted molar refractivity (Wildman–Crippen MR) is 69.3 cm³/mol. The summed E-state index contributed by atoms with van der Waals surface area (Å²) >= 11 is 0. The van der Waals surface area contributed by atoms with Crippen LogP contribution in [0.4, 0.5) is 5.69 Å². The molecule has 0 aromatic heterocycles. The van der Waals surface area contributed by atoms with Gasteiger partial charge in [0.2, 0.25) is 0 Å². The van der Waals surface area contributed by atoms with Crippen LogP contribution >= 0.6 is 0 Å². The minimum Gasteiger partial charge on any atom is -0.399 e. The summed E-state index contributed by atoms with van der Waals surface area (Å²) in [6, 6.07) is 8.21. The van der Waals surface area contributed by atoms with Gasteiger partial charge in [-0.3, -0.25) is 0 Å². The van der Waals surface area contributed by atoms with E-state index >= 15 is 0 Å². The van der Waals surface area contributed by atoms with Gasteiger partial charge in [-0.2, -0.15) is 0 Å². The largest absolute Gasteiger partial charge is 0.399 e. The van der Waals surface area contributed by atoms with Gasteiger partial charge < -0.3 is 10.6 Å². The normalized spacial score (nSPS) is 23.7. The third kappa shape index (κ3) is 3.24. The lowest BCUT2D eigenvalue weighted by atomic mass is 10.1.